The quantitative estimate of drug-likeness (QED) is 0.212. The molecule has 0 saturated carbocycles. The Kier molecular flexibility index (Phi) is 6.76. The molecule has 3 aromatic carbocycles. The summed E-state index contributed by atoms with van der Waals surface area (Å²) in [5.41, 5.74) is 10.3. The second kappa shape index (κ2) is 10.5. The van der Waals surface area contributed by atoms with Gasteiger partial charge in [0.1, 0.15) is 21.2 Å². The second-order valence-electron chi connectivity index (χ2n) is 9.77. The van der Waals surface area contributed by atoms with Crippen LogP contribution in [0.4, 0.5) is 11.6 Å². The fourth-order valence-electron chi connectivity index (χ4n) is 4.84. The number of anilines is 2. The number of ether oxygens (including phenoxy) is 2. The van der Waals surface area contributed by atoms with Gasteiger partial charge in [-0.15, -0.1) is 11.3 Å². The van der Waals surface area contributed by atoms with Gasteiger partial charge >= 0.3 is 5.88 Å². The van der Waals surface area contributed by atoms with Crippen LogP contribution in [0.1, 0.15) is 29.6 Å². The summed E-state index contributed by atoms with van der Waals surface area (Å²) < 4.78 is 18.1. The fraction of sp³-hybridized carbons (Fsp3) is 0.161. The Morgan fingerprint density at radius 3 is 2.56 bits per heavy atom. The van der Waals surface area contributed by atoms with E-state index in [4.69, 9.17) is 24.7 Å². The van der Waals surface area contributed by atoms with E-state index >= 15 is 0 Å². The summed E-state index contributed by atoms with van der Waals surface area (Å²) in [5.74, 6) is 1.09. The molecule has 9 nitrogen and oxygen atoms in total. The zero-order valence-corrected chi connectivity index (χ0v) is 23.8. The number of rotatable bonds is 7. The van der Waals surface area contributed by atoms with Gasteiger partial charge < -0.3 is 15.2 Å². The van der Waals surface area contributed by atoms with E-state index in [9.17, 15) is 4.79 Å². The maximum absolute atomic E-state index is 13.4. The van der Waals surface area contributed by atoms with Crippen LogP contribution >= 0.6 is 11.3 Å². The molecule has 1 amide bonds. The van der Waals surface area contributed by atoms with Gasteiger partial charge in [0.05, 0.1) is 25.6 Å². The van der Waals surface area contributed by atoms with Crippen molar-refractivity contribution in [2.75, 3.05) is 25.3 Å². The number of methoxy groups -OCH3 is 2. The van der Waals surface area contributed by atoms with Crippen LogP contribution in [0.5, 0.6) is 11.5 Å². The number of benzene rings is 3. The number of nitrogens with two attached hydrogens (primary N) is 1. The van der Waals surface area contributed by atoms with Gasteiger partial charge in [-0.25, -0.2) is 4.98 Å². The summed E-state index contributed by atoms with van der Waals surface area (Å²) in [4.78, 5) is 19.4. The van der Waals surface area contributed by atoms with Crippen LogP contribution in [0.2, 0.25) is 0 Å². The Labute approximate surface area is 240 Å². The highest BCUT2D eigenvalue weighted by Gasteiger charge is 2.25. The van der Waals surface area contributed by atoms with Crippen molar-refractivity contribution in [1.29, 1.82) is 0 Å². The Bertz CT molecular complexity index is 1920. The third-order valence-electron chi connectivity index (χ3n) is 6.92. The lowest BCUT2D eigenvalue weighted by Gasteiger charge is -2.14. The van der Waals surface area contributed by atoms with Crippen LogP contribution < -0.4 is 25.2 Å². The summed E-state index contributed by atoms with van der Waals surface area (Å²) in [6.07, 6.45) is 1.64. The van der Waals surface area contributed by atoms with Crippen molar-refractivity contribution in [3.8, 4) is 33.9 Å². The minimum absolute atomic E-state index is 0.0810. The van der Waals surface area contributed by atoms with E-state index in [1.54, 1.807) is 25.1 Å². The standard InChI is InChI=1S/C31H27N5O4S/c1-17(2)36-16-26(40-35-36)34-30(37)29-28(32)27-23(22-13-12-19(38-3)14-25(22)39-4)15-24(33-31(27)41-29)21-11-7-9-18-8-5-6-10-20(18)21/h5-17H,1-4H3,(H2-,32,34,35,37)/p+1. The number of fused-ring (bicyclic) bond motifs is 2. The fourth-order valence-corrected chi connectivity index (χ4v) is 5.85. The number of carbonyl (C=O) groups excluding carboxylic acids is 1. The van der Waals surface area contributed by atoms with Gasteiger partial charge in [0.25, 0.3) is 12.1 Å². The molecule has 0 atom stereocenters. The number of carbonyl (C=O) groups is 1. The molecule has 3 heterocycles. The van der Waals surface area contributed by atoms with Crippen LogP contribution in [-0.4, -0.2) is 30.4 Å². The van der Waals surface area contributed by atoms with E-state index < -0.39 is 5.91 Å². The molecule has 0 saturated heterocycles. The molecule has 0 fully saturated rings. The Morgan fingerprint density at radius 2 is 1.80 bits per heavy atom. The van der Waals surface area contributed by atoms with Crippen molar-refractivity contribution in [3.63, 3.8) is 0 Å². The Balaban J connectivity index is 1.56. The van der Waals surface area contributed by atoms with E-state index in [0.29, 0.717) is 32.3 Å². The maximum atomic E-state index is 13.4. The number of hydrogen-bond acceptors (Lipinski definition) is 8. The summed E-state index contributed by atoms with van der Waals surface area (Å²) in [5, 5.41) is 9.57. The zero-order valence-electron chi connectivity index (χ0n) is 23.0. The number of thiophene rings is 1. The topological polar surface area (TPSA) is 116 Å². The molecule has 0 unspecified atom stereocenters. The van der Waals surface area contributed by atoms with Gasteiger partial charge in [0.2, 0.25) is 5.27 Å². The molecule has 3 aromatic heterocycles. The number of nitrogens with zero attached hydrogens (tertiary/aromatic N) is 3. The highest BCUT2D eigenvalue weighted by molar-refractivity contribution is 7.21. The first-order valence-corrected chi connectivity index (χ1v) is 13.8. The minimum Gasteiger partial charge on any atom is -0.497 e. The van der Waals surface area contributed by atoms with Crippen molar-refractivity contribution >= 4 is 49.8 Å². The Hall–Kier alpha value is -4.96. The van der Waals surface area contributed by atoms with Crippen molar-refractivity contribution in [2.24, 2.45) is 0 Å². The lowest BCUT2D eigenvalue weighted by molar-refractivity contribution is -0.779. The highest BCUT2D eigenvalue weighted by Crippen LogP contribution is 2.45. The normalized spacial score (nSPS) is 11.3. The molecule has 6 rings (SSSR count). The van der Waals surface area contributed by atoms with E-state index in [-0.39, 0.29) is 11.9 Å². The maximum Gasteiger partial charge on any atom is 0.302 e. The predicted octanol–water partition coefficient (Wildman–Crippen LogP) is 6.49. The summed E-state index contributed by atoms with van der Waals surface area (Å²) in [6, 6.07) is 22.0. The van der Waals surface area contributed by atoms with Crippen molar-refractivity contribution < 1.29 is 23.5 Å². The summed E-state index contributed by atoms with van der Waals surface area (Å²) >= 11 is 1.23. The largest absolute Gasteiger partial charge is 0.497 e. The number of pyridine rings is 1. The molecule has 3 N–H and O–H groups in total. The molecule has 0 aliphatic heterocycles. The molecule has 41 heavy (non-hydrogen) atoms. The molecule has 0 radical (unpaired) electrons. The van der Waals surface area contributed by atoms with Crippen LogP contribution in [0.25, 0.3) is 43.4 Å². The zero-order chi connectivity index (χ0) is 28.7. The third kappa shape index (κ3) is 4.72. The molecular formula is C31H28N5O4S+. The number of aromatic nitrogens is 3. The monoisotopic (exact) mass is 566 g/mol. The van der Waals surface area contributed by atoms with Crippen molar-refractivity contribution in [1.82, 2.24) is 10.3 Å². The van der Waals surface area contributed by atoms with Crippen LogP contribution in [0.15, 0.2) is 77.4 Å². The Morgan fingerprint density at radius 1 is 1.00 bits per heavy atom. The van der Waals surface area contributed by atoms with Gasteiger partial charge in [0.15, 0.2) is 6.04 Å². The SMILES string of the molecule is COc1ccc(-c2cc(-c3cccc4ccccc34)nc3sc(C(=O)Nc4c[n+](C(C)C)no4)c(N)c23)c(OC)c1. The van der Waals surface area contributed by atoms with E-state index in [2.05, 4.69) is 28.8 Å². The predicted molar refractivity (Wildman–Crippen MR) is 161 cm³/mol. The van der Waals surface area contributed by atoms with E-state index in [1.807, 2.05) is 62.4 Å². The first-order chi connectivity index (χ1) is 19.9. The highest BCUT2D eigenvalue weighted by atomic mass is 32.1. The lowest BCUT2D eigenvalue weighted by Crippen LogP contribution is -2.36. The van der Waals surface area contributed by atoms with Gasteiger partial charge in [-0.1, -0.05) is 42.5 Å². The number of nitrogens with one attached hydrogen (secondary N) is 1. The van der Waals surface area contributed by atoms with E-state index in [0.717, 1.165) is 33.2 Å². The molecule has 0 aliphatic rings. The smallest absolute Gasteiger partial charge is 0.302 e. The minimum atomic E-state index is -0.406. The molecule has 10 heteroatoms. The number of nitrogen functional groups attached to an aromatic ring is 1. The first kappa shape index (κ1) is 26.3. The number of amides is 1. The third-order valence-corrected chi connectivity index (χ3v) is 8.02. The summed E-state index contributed by atoms with van der Waals surface area (Å²) in [6.45, 7) is 3.93. The van der Waals surface area contributed by atoms with Crippen LogP contribution in [0, 0.1) is 0 Å². The number of hydrogen-bond donors (Lipinski definition) is 2. The van der Waals surface area contributed by atoms with Gasteiger partial charge in [-0.05, 0) is 53.1 Å². The van der Waals surface area contributed by atoms with Crippen LogP contribution in [-0.2, 0) is 0 Å². The molecule has 6 aromatic rings. The van der Waals surface area contributed by atoms with Crippen LogP contribution in [0.3, 0.4) is 0 Å². The molecular weight excluding hydrogens is 538 g/mol. The average molecular weight is 567 g/mol. The first-order valence-electron chi connectivity index (χ1n) is 13.0. The average Bonchev–Trinajstić information content (AvgIpc) is 3.60. The van der Waals surface area contributed by atoms with Crippen molar-refractivity contribution in [3.05, 3.63) is 77.8 Å². The van der Waals surface area contributed by atoms with Gasteiger partial charge in [-0.2, -0.15) is 0 Å². The van der Waals surface area contributed by atoms with Crippen molar-refractivity contribution in [2.45, 2.75) is 19.9 Å². The van der Waals surface area contributed by atoms with Gasteiger partial charge in [0, 0.05) is 22.6 Å². The van der Waals surface area contributed by atoms with Gasteiger partial charge in [-0.3, -0.25) is 14.6 Å². The molecule has 0 aliphatic carbocycles. The van der Waals surface area contributed by atoms with E-state index in [1.165, 1.54) is 11.3 Å². The molecule has 0 bridgehead atoms. The molecule has 0 spiro atoms. The lowest BCUT2D eigenvalue weighted by atomic mass is 9.96. The summed E-state index contributed by atoms with van der Waals surface area (Å²) in [7, 11) is 3.22. The second-order valence-corrected chi connectivity index (χ2v) is 10.8. The molecule has 206 valence electrons.